The summed E-state index contributed by atoms with van der Waals surface area (Å²) in [6.07, 6.45) is 7.76. The number of nitrogens with zero attached hydrogens (tertiary/aromatic N) is 5. The lowest BCUT2D eigenvalue weighted by atomic mass is 9.88. The van der Waals surface area contributed by atoms with Crippen molar-refractivity contribution < 1.29 is 28.7 Å². The summed E-state index contributed by atoms with van der Waals surface area (Å²) in [7, 11) is 2.60. The summed E-state index contributed by atoms with van der Waals surface area (Å²) in [5, 5.41) is 9.40. The molecule has 342 valence electrons. The van der Waals surface area contributed by atoms with Gasteiger partial charge in [-0.15, -0.1) is 0 Å². The largest absolute Gasteiger partial charge is 0.453 e. The van der Waals surface area contributed by atoms with Gasteiger partial charge in [0.15, 0.2) is 0 Å². The third kappa shape index (κ3) is 8.32. The van der Waals surface area contributed by atoms with Crippen molar-refractivity contribution >= 4 is 35.0 Å². The van der Waals surface area contributed by atoms with Crippen molar-refractivity contribution in [2.45, 2.75) is 109 Å². The van der Waals surface area contributed by atoms with Gasteiger partial charge < -0.3 is 45.2 Å². The van der Waals surface area contributed by atoms with Gasteiger partial charge in [-0.3, -0.25) is 14.6 Å². The van der Waals surface area contributed by atoms with E-state index >= 15 is 0 Å². The number of likely N-dealkylation sites (tertiary alicyclic amines) is 2. The van der Waals surface area contributed by atoms with Gasteiger partial charge >= 0.3 is 12.2 Å². The van der Waals surface area contributed by atoms with Gasteiger partial charge in [0, 0.05) is 42.5 Å². The zero-order valence-electron chi connectivity index (χ0n) is 38.2. The van der Waals surface area contributed by atoms with Crippen LogP contribution in [0.1, 0.15) is 120 Å². The van der Waals surface area contributed by atoms with Crippen LogP contribution in [0.4, 0.5) is 9.59 Å². The molecule has 7 atom stereocenters. The Bertz CT molecular complexity index is 2600. The molecule has 16 heteroatoms. The minimum atomic E-state index is -0.701. The summed E-state index contributed by atoms with van der Waals surface area (Å²) < 4.78 is 9.61. The first-order valence-electron chi connectivity index (χ1n) is 23.1. The Morgan fingerprint density at radius 2 is 1.29 bits per heavy atom. The molecule has 3 fully saturated rings. The molecule has 2 aromatic carbocycles. The van der Waals surface area contributed by atoms with Crippen LogP contribution in [0.15, 0.2) is 54.9 Å². The van der Waals surface area contributed by atoms with E-state index in [2.05, 4.69) is 75.3 Å². The molecule has 4 aliphatic rings. The van der Waals surface area contributed by atoms with E-state index in [4.69, 9.17) is 24.4 Å². The minimum absolute atomic E-state index is 0.115. The van der Waals surface area contributed by atoms with E-state index in [1.807, 2.05) is 43.7 Å². The number of fused-ring (bicyclic) bond motifs is 6. The molecule has 0 radical (unpaired) electrons. The number of aromatic nitrogens is 5. The van der Waals surface area contributed by atoms with Gasteiger partial charge in [0.2, 0.25) is 11.8 Å². The van der Waals surface area contributed by atoms with E-state index < -0.39 is 24.3 Å². The summed E-state index contributed by atoms with van der Waals surface area (Å²) in [5.41, 5.74) is 10.4. The molecule has 0 saturated carbocycles. The molecule has 65 heavy (non-hydrogen) atoms. The van der Waals surface area contributed by atoms with Crippen LogP contribution in [-0.4, -0.2) is 98.1 Å². The van der Waals surface area contributed by atoms with Crippen molar-refractivity contribution in [3.63, 3.8) is 0 Å². The second kappa shape index (κ2) is 17.9. The summed E-state index contributed by atoms with van der Waals surface area (Å²) in [6, 6.07) is 13.5. The number of aromatic amines is 2. The average Bonchev–Trinajstić information content (AvgIpc) is 4.16. The van der Waals surface area contributed by atoms with Crippen LogP contribution < -0.4 is 16.0 Å². The maximum absolute atomic E-state index is 13.8. The van der Waals surface area contributed by atoms with Gasteiger partial charge in [0.25, 0.3) is 0 Å². The first-order chi connectivity index (χ1) is 31.3. The molecule has 4 aliphatic heterocycles. The maximum Gasteiger partial charge on any atom is 0.407 e. The highest BCUT2D eigenvalue weighted by molar-refractivity contribution is 5.88. The number of carbonyl (C=O) groups is 4. The first kappa shape index (κ1) is 43.9. The number of piperidine rings is 1. The number of hydrogen-bond donors (Lipinski definition) is 5. The van der Waals surface area contributed by atoms with E-state index in [0.29, 0.717) is 24.8 Å². The molecular formula is C49H60N10O6. The molecule has 3 unspecified atom stereocenters. The zero-order chi connectivity index (χ0) is 45.7. The van der Waals surface area contributed by atoms with Gasteiger partial charge in [-0.25, -0.2) is 19.6 Å². The first-order valence-corrected chi connectivity index (χ1v) is 23.1. The quantitative estimate of drug-likeness (QED) is 0.0869. The number of methoxy groups -OCH3 is 2. The third-order valence-electron chi connectivity index (χ3n) is 13.9. The highest BCUT2D eigenvalue weighted by Gasteiger charge is 2.42. The number of ether oxygens (including phenoxy) is 2. The van der Waals surface area contributed by atoms with Crippen LogP contribution in [0.5, 0.6) is 0 Å². The SMILES string of the molecule is COC(=O)N[C@H](C(=O)N1CCC[C@H]1c1ncc(-c2ccc(-c3ccc(-c4ccc5nc([C@@H]6CCCN6C(=O)[C@@H](NC(=O)OC)C(C)C)[nH]c5c4)c4c3C3CC(C)CC4N3)nc2)[nH]1)C(C)C. The predicted molar refractivity (Wildman–Crippen MR) is 245 cm³/mol. The van der Waals surface area contributed by atoms with Gasteiger partial charge in [-0.2, -0.15) is 0 Å². The molecule has 5 aromatic rings. The molecule has 3 saturated heterocycles. The predicted octanol–water partition coefficient (Wildman–Crippen LogP) is 7.89. The average molecular weight is 885 g/mol. The second-order valence-corrected chi connectivity index (χ2v) is 18.9. The maximum atomic E-state index is 13.8. The Labute approximate surface area is 379 Å². The molecule has 0 spiro atoms. The summed E-state index contributed by atoms with van der Waals surface area (Å²) in [6.45, 7) is 11.2. The van der Waals surface area contributed by atoms with E-state index in [0.717, 1.165) is 83.5 Å². The fourth-order valence-electron chi connectivity index (χ4n) is 10.7. The van der Waals surface area contributed by atoms with Crippen LogP contribution in [0.3, 0.4) is 0 Å². The van der Waals surface area contributed by atoms with Crippen molar-refractivity contribution in [2.24, 2.45) is 17.8 Å². The molecule has 16 nitrogen and oxygen atoms in total. The Hall–Kier alpha value is -6.29. The number of amides is 4. The molecule has 7 heterocycles. The van der Waals surface area contributed by atoms with Crippen molar-refractivity contribution in [3.05, 3.63) is 77.6 Å². The van der Waals surface area contributed by atoms with Gasteiger partial charge in [-0.05, 0) is 103 Å². The molecule has 2 bridgehead atoms. The standard InChI is InChI=1S/C49H60N10O6/c1-25(2)42(56-48(62)64-6)46(60)58-18-8-10-38(58)44-51-24-37(55-44)29-13-16-32(50-23-29)31-15-14-30(40-35-20-27(5)21-36(52-35)41(31)40)28-12-17-33-34(22-28)54-45(53-33)39-11-9-19-59(39)47(61)43(26(3)4)57-49(63)65-7/h12-17,22-27,35-36,38-39,42-43,52H,8-11,18-21H2,1-7H3,(H,51,55)(H,53,54)(H,56,62)(H,57,63)/t27?,35?,36?,38-,39-,42-,43-/m0/s1. The van der Waals surface area contributed by atoms with Crippen molar-refractivity contribution in [3.8, 4) is 33.6 Å². The fraction of sp³-hybridized carbons (Fsp3) is 0.490. The summed E-state index contributed by atoms with van der Waals surface area (Å²) in [4.78, 5) is 77.2. The topological polar surface area (TPSA) is 200 Å². The number of benzene rings is 2. The Morgan fingerprint density at radius 3 is 1.88 bits per heavy atom. The van der Waals surface area contributed by atoms with Gasteiger partial charge in [-0.1, -0.05) is 52.8 Å². The fourth-order valence-corrected chi connectivity index (χ4v) is 10.7. The number of nitrogens with one attached hydrogen (secondary N) is 5. The minimum Gasteiger partial charge on any atom is -0.453 e. The van der Waals surface area contributed by atoms with E-state index in [1.54, 1.807) is 6.20 Å². The molecule has 0 aliphatic carbocycles. The lowest BCUT2D eigenvalue weighted by Gasteiger charge is -2.30. The molecule has 3 aromatic heterocycles. The monoisotopic (exact) mass is 884 g/mol. The van der Waals surface area contributed by atoms with E-state index in [-0.39, 0.29) is 47.8 Å². The molecular weight excluding hydrogens is 825 g/mol. The highest BCUT2D eigenvalue weighted by atomic mass is 16.5. The van der Waals surface area contributed by atoms with Crippen LogP contribution >= 0.6 is 0 Å². The number of carbonyl (C=O) groups excluding carboxylic acids is 4. The zero-order valence-corrected chi connectivity index (χ0v) is 38.2. The van der Waals surface area contributed by atoms with Crippen LogP contribution in [-0.2, 0) is 19.1 Å². The van der Waals surface area contributed by atoms with Gasteiger partial charge in [0.05, 0.1) is 54.9 Å². The summed E-state index contributed by atoms with van der Waals surface area (Å²) >= 11 is 0. The van der Waals surface area contributed by atoms with Crippen molar-refractivity contribution in [1.82, 2.24) is 50.7 Å². The van der Waals surface area contributed by atoms with Gasteiger partial charge in [0.1, 0.15) is 23.7 Å². The molecule has 4 amide bonds. The summed E-state index contributed by atoms with van der Waals surface area (Å²) in [5.74, 6) is 1.51. The van der Waals surface area contributed by atoms with Crippen LogP contribution in [0.2, 0.25) is 0 Å². The lowest BCUT2D eigenvalue weighted by Crippen LogP contribution is -2.51. The Morgan fingerprint density at radius 1 is 0.708 bits per heavy atom. The smallest absolute Gasteiger partial charge is 0.407 e. The Kier molecular flexibility index (Phi) is 12.1. The van der Waals surface area contributed by atoms with Crippen LogP contribution in [0.25, 0.3) is 44.7 Å². The van der Waals surface area contributed by atoms with Crippen molar-refractivity contribution in [2.75, 3.05) is 27.3 Å². The van der Waals surface area contributed by atoms with Crippen LogP contribution in [0, 0.1) is 17.8 Å². The normalized spacial score (nSPS) is 22.3. The molecule has 9 rings (SSSR count). The number of hydrogen-bond acceptors (Lipinski definition) is 10. The van der Waals surface area contributed by atoms with E-state index in [1.165, 1.54) is 30.9 Å². The number of pyridine rings is 1. The second-order valence-electron chi connectivity index (χ2n) is 18.9. The highest BCUT2D eigenvalue weighted by Crippen LogP contribution is 2.52. The van der Waals surface area contributed by atoms with E-state index in [9.17, 15) is 19.2 Å². The lowest BCUT2D eigenvalue weighted by molar-refractivity contribution is -0.136. The number of alkyl carbamates (subject to hydrolysis) is 2. The number of H-pyrrole nitrogens is 2. The molecule has 5 N–H and O–H groups in total. The third-order valence-corrected chi connectivity index (χ3v) is 13.9. The number of imidazole rings is 2. The van der Waals surface area contributed by atoms with Crippen molar-refractivity contribution in [1.29, 1.82) is 0 Å². The number of rotatable bonds is 11. The Balaban J connectivity index is 0.972.